The van der Waals surface area contributed by atoms with Crippen molar-refractivity contribution >= 4 is 52.5 Å². The second-order valence-electron chi connectivity index (χ2n) is 8.69. The molecule has 0 spiro atoms. The molecule has 0 aromatic heterocycles. The molecule has 2 unspecified atom stereocenters. The van der Waals surface area contributed by atoms with Crippen LogP contribution in [0.3, 0.4) is 0 Å². The Bertz CT molecular complexity index is 965. The Balaban J connectivity index is 1.90. The van der Waals surface area contributed by atoms with E-state index in [4.69, 9.17) is 23.2 Å². The lowest BCUT2D eigenvalue weighted by atomic mass is 9.86. The molecule has 1 aliphatic rings. The number of nitroso groups, excluding NO2 is 1. The van der Waals surface area contributed by atoms with Crippen LogP contribution < -0.4 is 5.32 Å². The van der Waals surface area contributed by atoms with E-state index in [1.807, 2.05) is 43.1 Å². The number of nitrogens with one attached hydrogen (secondary N) is 1. The number of benzene rings is 2. The van der Waals surface area contributed by atoms with Crippen LogP contribution in [0.25, 0.3) is 0 Å². The predicted octanol–water partition coefficient (Wildman–Crippen LogP) is 7.34. The maximum Gasteiger partial charge on any atom is 0.312 e. The van der Waals surface area contributed by atoms with E-state index < -0.39 is 11.9 Å². The van der Waals surface area contributed by atoms with Crippen LogP contribution in [0.4, 0.5) is 11.4 Å². The average molecular weight is 510 g/mol. The summed E-state index contributed by atoms with van der Waals surface area (Å²) in [7, 11) is 1.92. The molecule has 33 heavy (non-hydrogen) atoms. The third kappa shape index (κ3) is 6.21. The van der Waals surface area contributed by atoms with E-state index in [9.17, 15) is 14.8 Å². The first kappa shape index (κ1) is 25.8. The molecule has 2 atom stereocenters. The number of nitrogens with zero attached hydrogens (tertiary/aromatic N) is 2. The quantitative estimate of drug-likeness (QED) is 0.257. The molecule has 0 aliphatic heterocycles. The minimum absolute atomic E-state index is 0.269. The molecular weight excluding hydrogens is 481 g/mol. The van der Waals surface area contributed by atoms with Crippen LogP contribution in [-0.2, 0) is 4.79 Å². The summed E-state index contributed by atoms with van der Waals surface area (Å²) in [5.41, 5.74) is 1.81. The number of hydrogen-bond acceptors (Lipinski definition) is 6. The SMILES string of the molecule is CC(C(C(=O)O)c1ccccc1Nc1c(Cl)cccc1Cl)N(C)CC1(SN=O)CCCCC1. The Labute approximate surface area is 209 Å². The van der Waals surface area contributed by atoms with Gasteiger partial charge in [0.2, 0.25) is 0 Å². The highest BCUT2D eigenvalue weighted by Gasteiger charge is 2.39. The minimum atomic E-state index is -0.923. The number of carbonyl (C=O) groups is 1. The number of anilines is 2. The van der Waals surface area contributed by atoms with Gasteiger partial charge in [-0.25, -0.2) is 0 Å². The first-order valence-corrected chi connectivity index (χ1v) is 12.5. The summed E-state index contributed by atoms with van der Waals surface area (Å²) >= 11 is 13.8. The molecule has 2 aromatic rings. The first-order chi connectivity index (χ1) is 15.8. The largest absolute Gasteiger partial charge is 0.481 e. The molecule has 0 bridgehead atoms. The summed E-state index contributed by atoms with van der Waals surface area (Å²) in [5, 5.41) is 14.4. The monoisotopic (exact) mass is 509 g/mol. The number of rotatable bonds is 10. The van der Waals surface area contributed by atoms with E-state index in [2.05, 4.69) is 9.90 Å². The van der Waals surface area contributed by atoms with Crippen LogP contribution in [0, 0.1) is 4.91 Å². The van der Waals surface area contributed by atoms with Crippen LogP contribution in [0.1, 0.15) is 50.5 Å². The third-order valence-electron chi connectivity index (χ3n) is 6.50. The Morgan fingerprint density at radius 3 is 2.39 bits per heavy atom. The van der Waals surface area contributed by atoms with Gasteiger partial charge in [0.25, 0.3) is 0 Å². The fourth-order valence-corrected chi connectivity index (χ4v) is 6.02. The second kappa shape index (κ2) is 11.6. The number of hydrogen-bond donors (Lipinski definition) is 2. The van der Waals surface area contributed by atoms with Crippen LogP contribution in [-0.4, -0.2) is 40.4 Å². The minimum Gasteiger partial charge on any atom is -0.481 e. The van der Waals surface area contributed by atoms with Gasteiger partial charge < -0.3 is 15.3 Å². The number of likely N-dealkylation sites (N-methyl/N-ethyl adjacent to an activating group) is 1. The van der Waals surface area contributed by atoms with Crippen molar-refractivity contribution < 1.29 is 9.90 Å². The molecular formula is C24H29Cl2N3O3S. The van der Waals surface area contributed by atoms with Crippen molar-refractivity contribution in [3.05, 3.63) is 63.0 Å². The number of para-hydroxylation sites is 2. The molecule has 0 saturated heterocycles. The highest BCUT2D eigenvalue weighted by molar-refractivity contribution is 7.99. The van der Waals surface area contributed by atoms with E-state index in [1.165, 1.54) is 0 Å². The first-order valence-electron chi connectivity index (χ1n) is 11.0. The number of carboxylic acid groups (broad SMARTS) is 1. The summed E-state index contributed by atoms with van der Waals surface area (Å²) in [6, 6.07) is 12.2. The fraction of sp³-hybridized carbons (Fsp3) is 0.458. The fourth-order valence-electron chi connectivity index (χ4n) is 4.64. The normalized spacial score (nSPS) is 17.4. The maximum atomic E-state index is 12.5. The molecule has 1 fully saturated rings. The van der Waals surface area contributed by atoms with Gasteiger partial charge >= 0.3 is 5.97 Å². The molecule has 1 saturated carbocycles. The van der Waals surface area contributed by atoms with Crippen molar-refractivity contribution in [2.45, 2.75) is 55.7 Å². The van der Waals surface area contributed by atoms with Crippen LogP contribution in [0.2, 0.25) is 10.0 Å². The van der Waals surface area contributed by atoms with Crippen molar-refractivity contribution in [2.75, 3.05) is 18.9 Å². The lowest BCUT2D eigenvalue weighted by Gasteiger charge is -2.40. The predicted molar refractivity (Wildman–Crippen MR) is 138 cm³/mol. The van der Waals surface area contributed by atoms with E-state index in [1.54, 1.807) is 18.2 Å². The van der Waals surface area contributed by atoms with Crippen LogP contribution in [0.5, 0.6) is 0 Å². The van der Waals surface area contributed by atoms with E-state index in [0.29, 0.717) is 33.5 Å². The summed E-state index contributed by atoms with van der Waals surface area (Å²) in [6.45, 7) is 2.51. The zero-order valence-electron chi connectivity index (χ0n) is 18.8. The van der Waals surface area contributed by atoms with Crippen molar-refractivity contribution in [3.63, 3.8) is 0 Å². The molecule has 9 heteroatoms. The molecule has 3 rings (SSSR count). The second-order valence-corrected chi connectivity index (χ2v) is 10.7. The molecule has 0 heterocycles. The van der Waals surface area contributed by atoms with Gasteiger partial charge in [0, 0.05) is 34.8 Å². The van der Waals surface area contributed by atoms with Gasteiger partial charge in [-0.2, -0.15) is 0 Å². The van der Waals surface area contributed by atoms with Crippen molar-refractivity contribution in [1.29, 1.82) is 0 Å². The number of aliphatic carboxylic acids is 1. The standard InChI is InChI=1S/C24H29Cl2N3O3S/c1-16(29(2)15-24(33-28-32)13-6-3-7-14-24)21(23(30)31)17-9-4-5-12-20(17)27-22-18(25)10-8-11-19(22)26/h4-5,8-12,16,21,27H,3,6-7,13-15H2,1-2H3,(H,30,31). The molecule has 1 aliphatic carbocycles. The van der Waals surface area contributed by atoms with Gasteiger partial charge in [-0.1, -0.05) is 66.7 Å². The van der Waals surface area contributed by atoms with E-state index in [-0.39, 0.29) is 10.8 Å². The van der Waals surface area contributed by atoms with Crippen LogP contribution >= 0.6 is 35.1 Å². The van der Waals surface area contributed by atoms with Crippen molar-refractivity contribution in [3.8, 4) is 0 Å². The van der Waals surface area contributed by atoms with Crippen molar-refractivity contribution in [1.82, 2.24) is 4.90 Å². The molecule has 0 radical (unpaired) electrons. The summed E-state index contributed by atoms with van der Waals surface area (Å²) < 4.78 is 2.88. The zero-order valence-corrected chi connectivity index (χ0v) is 21.1. The summed E-state index contributed by atoms with van der Waals surface area (Å²) in [5.74, 6) is -1.73. The third-order valence-corrected chi connectivity index (χ3v) is 8.12. The average Bonchev–Trinajstić information content (AvgIpc) is 2.78. The van der Waals surface area contributed by atoms with Gasteiger partial charge in [-0.3, -0.25) is 4.79 Å². The summed E-state index contributed by atoms with van der Waals surface area (Å²) in [4.78, 5) is 25.7. The molecule has 2 N–H and O–H groups in total. The number of carboxylic acids is 1. The smallest absolute Gasteiger partial charge is 0.312 e. The van der Waals surface area contributed by atoms with Crippen molar-refractivity contribution in [2.24, 2.45) is 4.58 Å². The van der Waals surface area contributed by atoms with Gasteiger partial charge in [0.1, 0.15) is 0 Å². The highest BCUT2D eigenvalue weighted by Crippen LogP contribution is 2.42. The Morgan fingerprint density at radius 1 is 1.15 bits per heavy atom. The molecule has 178 valence electrons. The van der Waals surface area contributed by atoms with Gasteiger partial charge in [0.15, 0.2) is 0 Å². The van der Waals surface area contributed by atoms with E-state index in [0.717, 1.165) is 44.1 Å². The topological polar surface area (TPSA) is 82.0 Å². The molecule has 0 amide bonds. The van der Waals surface area contributed by atoms with E-state index >= 15 is 0 Å². The molecule has 6 nitrogen and oxygen atoms in total. The highest BCUT2D eigenvalue weighted by atomic mass is 35.5. The van der Waals surface area contributed by atoms with Gasteiger partial charge in [-0.15, -0.1) is 4.91 Å². The Kier molecular flexibility index (Phi) is 9.04. The lowest BCUT2D eigenvalue weighted by Crippen LogP contribution is -2.46. The Hall–Kier alpha value is -1.80. The lowest BCUT2D eigenvalue weighted by molar-refractivity contribution is -0.140. The van der Waals surface area contributed by atoms with Gasteiger partial charge in [-0.05, 0) is 50.6 Å². The Morgan fingerprint density at radius 2 is 1.79 bits per heavy atom. The zero-order chi connectivity index (χ0) is 24.0. The van der Waals surface area contributed by atoms with Crippen LogP contribution in [0.15, 0.2) is 47.0 Å². The molecule has 2 aromatic carbocycles. The van der Waals surface area contributed by atoms with Gasteiger partial charge in [0.05, 0.1) is 26.4 Å². The summed E-state index contributed by atoms with van der Waals surface area (Å²) in [6.07, 6.45) is 5.07. The number of halogens is 2. The maximum absolute atomic E-state index is 12.5.